The molecule has 0 aliphatic carbocycles. The van der Waals surface area contributed by atoms with E-state index in [0.29, 0.717) is 13.0 Å². The summed E-state index contributed by atoms with van der Waals surface area (Å²) in [6, 6.07) is 12.7. The van der Waals surface area contributed by atoms with Crippen molar-refractivity contribution >= 4 is 11.8 Å². The average molecular weight is 468 g/mol. The molecule has 0 aliphatic heterocycles. The summed E-state index contributed by atoms with van der Waals surface area (Å²) in [5.74, 6) is 0.111. The van der Waals surface area contributed by atoms with Gasteiger partial charge in [0.15, 0.2) is 0 Å². The fourth-order valence-corrected chi connectivity index (χ4v) is 4.24. The van der Waals surface area contributed by atoms with Crippen molar-refractivity contribution in [3.05, 3.63) is 59.4 Å². The van der Waals surface area contributed by atoms with Crippen LogP contribution >= 0.6 is 0 Å². The van der Waals surface area contributed by atoms with Gasteiger partial charge in [0.2, 0.25) is 11.8 Å². The van der Waals surface area contributed by atoms with E-state index in [-0.39, 0.29) is 30.4 Å². The van der Waals surface area contributed by atoms with Crippen LogP contribution in [0.2, 0.25) is 0 Å². The van der Waals surface area contributed by atoms with Gasteiger partial charge in [-0.25, -0.2) is 0 Å². The van der Waals surface area contributed by atoms with E-state index in [9.17, 15) is 9.59 Å². The second-order valence-corrected chi connectivity index (χ2v) is 9.76. The van der Waals surface area contributed by atoms with Gasteiger partial charge in [0.1, 0.15) is 0 Å². The smallest absolute Gasteiger partial charge is 0.242 e. The van der Waals surface area contributed by atoms with Gasteiger partial charge in [0.25, 0.3) is 0 Å². The average Bonchev–Trinajstić information content (AvgIpc) is 3.25. The predicted octanol–water partition coefficient (Wildman–Crippen LogP) is 6.18. The second-order valence-electron chi connectivity index (χ2n) is 9.76. The van der Waals surface area contributed by atoms with Gasteiger partial charge in [-0.05, 0) is 63.8 Å². The predicted molar refractivity (Wildman–Crippen MR) is 141 cm³/mol. The second kappa shape index (κ2) is 14.0. The third kappa shape index (κ3) is 8.03. The minimum absolute atomic E-state index is 0.00586. The summed E-state index contributed by atoms with van der Waals surface area (Å²) in [4.78, 5) is 30.1. The van der Waals surface area contributed by atoms with Crippen LogP contribution in [0.4, 0.5) is 0 Å². The Hall–Kier alpha value is -2.56. The first kappa shape index (κ1) is 27.7. The number of hydrogen-bond donors (Lipinski definition) is 0. The first-order valence-electron chi connectivity index (χ1n) is 13.1. The summed E-state index contributed by atoms with van der Waals surface area (Å²) in [5, 5.41) is 0. The van der Waals surface area contributed by atoms with Crippen LogP contribution in [0.3, 0.4) is 0 Å². The van der Waals surface area contributed by atoms with E-state index in [2.05, 4.69) is 68.8 Å². The van der Waals surface area contributed by atoms with Crippen molar-refractivity contribution in [3.63, 3.8) is 0 Å². The molecule has 1 atom stereocenters. The van der Waals surface area contributed by atoms with Crippen molar-refractivity contribution in [2.24, 2.45) is 0 Å². The van der Waals surface area contributed by atoms with E-state index in [4.69, 9.17) is 0 Å². The standard InChI is InChI=1S/C29H45N3O2/c1-7-9-10-11-18-28(33)31(23(3)4)22-29(34)32(25(6)8-2)21-27-17-14-19-30(27)20-26-16-13-12-15-24(26)5/h12-17,19,23,25H,7-11,18,20-22H2,1-6H3. The Bertz CT molecular complexity index is 902. The number of amides is 2. The number of unbranched alkanes of at least 4 members (excludes halogenated alkanes) is 3. The largest absolute Gasteiger partial charge is 0.345 e. The van der Waals surface area contributed by atoms with Gasteiger partial charge in [-0.2, -0.15) is 0 Å². The van der Waals surface area contributed by atoms with Crippen LogP contribution < -0.4 is 0 Å². The van der Waals surface area contributed by atoms with Crippen molar-refractivity contribution in [1.82, 2.24) is 14.4 Å². The molecule has 1 unspecified atom stereocenters. The third-order valence-electron chi connectivity index (χ3n) is 6.79. The van der Waals surface area contributed by atoms with E-state index in [1.54, 1.807) is 4.90 Å². The maximum atomic E-state index is 13.5. The molecule has 1 heterocycles. The van der Waals surface area contributed by atoms with E-state index >= 15 is 0 Å². The van der Waals surface area contributed by atoms with Crippen molar-refractivity contribution < 1.29 is 9.59 Å². The Balaban J connectivity index is 2.13. The van der Waals surface area contributed by atoms with E-state index in [1.165, 1.54) is 11.1 Å². The number of benzene rings is 1. The molecule has 2 amide bonds. The molecule has 0 radical (unpaired) electrons. The Kier molecular flexibility index (Phi) is 11.4. The maximum absolute atomic E-state index is 13.5. The summed E-state index contributed by atoms with van der Waals surface area (Å²) >= 11 is 0. The van der Waals surface area contributed by atoms with E-state index in [1.807, 2.05) is 24.8 Å². The minimum atomic E-state index is 0.00586. The van der Waals surface area contributed by atoms with Gasteiger partial charge in [-0.15, -0.1) is 0 Å². The molecule has 0 spiro atoms. The van der Waals surface area contributed by atoms with Crippen LogP contribution in [0.25, 0.3) is 0 Å². The summed E-state index contributed by atoms with van der Waals surface area (Å²) in [7, 11) is 0. The van der Waals surface area contributed by atoms with Crippen LogP contribution in [-0.4, -0.2) is 44.8 Å². The molecule has 1 aromatic heterocycles. The Morgan fingerprint density at radius 3 is 2.29 bits per heavy atom. The van der Waals surface area contributed by atoms with Gasteiger partial charge in [0.05, 0.1) is 13.1 Å². The molecule has 0 fully saturated rings. The summed E-state index contributed by atoms with van der Waals surface area (Å²) in [6.07, 6.45) is 7.74. The van der Waals surface area contributed by atoms with Crippen molar-refractivity contribution in [3.8, 4) is 0 Å². The van der Waals surface area contributed by atoms with Gasteiger partial charge >= 0.3 is 0 Å². The number of nitrogens with zero attached hydrogens (tertiary/aromatic N) is 3. The monoisotopic (exact) mass is 467 g/mol. The van der Waals surface area contributed by atoms with Gasteiger partial charge in [-0.1, -0.05) is 57.4 Å². The molecule has 2 aromatic rings. The SMILES string of the molecule is CCCCCCC(=O)N(CC(=O)N(Cc1cccn1Cc1ccccc1C)C(C)CC)C(C)C. The van der Waals surface area contributed by atoms with Crippen molar-refractivity contribution in [2.45, 2.75) is 105 Å². The lowest BCUT2D eigenvalue weighted by Crippen LogP contribution is -2.48. The normalized spacial score (nSPS) is 12.1. The lowest BCUT2D eigenvalue weighted by molar-refractivity contribution is -0.143. The highest BCUT2D eigenvalue weighted by molar-refractivity contribution is 5.85. The van der Waals surface area contributed by atoms with E-state index in [0.717, 1.165) is 44.3 Å². The first-order chi connectivity index (χ1) is 16.3. The highest BCUT2D eigenvalue weighted by Gasteiger charge is 2.26. The minimum Gasteiger partial charge on any atom is -0.345 e. The Labute approximate surface area is 207 Å². The summed E-state index contributed by atoms with van der Waals surface area (Å²) in [5.41, 5.74) is 3.65. The van der Waals surface area contributed by atoms with Gasteiger partial charge < -0.3 is 14.4 Å². The molecule has 0 N–H and O–H groups in total. The number of hydrogen-bond acceptors (Lipinski definition) is 2. The topological polar surface area (TPSA) is 45.6 Å². The Morgan fingerprint density at radius 2 is 1.65 bits per heavy atom. The van der Waals surface area contributed by atoms with Crippen LogP contribution in [0.1, 0.15) is 90.0 Å². The molecule has 0 bridgehead atoms. The molecule has 34 heavy (non-hydrogen) atoms. The Morgan fingerprint density at radius 1 is 0.912 bits per heavy atom. The fraction of sp³-hybridized carbons (Fsp3) is 0.586. The van der Waals surface area contributed by atoms with Crippen molar-refractivity contribution in [1.29, 1.82) is 0 Å². The zero-order chi connectivity index (χ0) is 25.1. The molecule has 5 heteroatoms. The lowest BCUT2D eigenvalue weighted by Gasteiger charge is -2.33. The first-order valence-corrected chi connectivity index (χ1v) is 13.1. The molecule has 0 saturated heterocycles. The highest BCUT2D eigenvalue weighted by atomic mass is 16.2. The quantitative estimate of drug-likeness (QED) is 0.311. The highest BCUT2D eigenvalue weighted by Crippen LogP contribution is 2.17. The number of aryl methyl sites for hydroxylation is 1. The molecule has 0 aliphatic rings. The molecule has 1 aromatic carbocycles. The molecule has 2 rings (SSSR count). The molecular formula is C29H45N3O2. The van der Waals surface area contributed by atoms with Crippen LogP contribution in [0.5, 0.6) is 0 Å². The summed E-state index contributed by atoms with van der Waals surface area (Å²) < 4.78 is 2.23. The van der Waals surface area contributed by atoms with E-state index < -0.39 is 0 Å². The third-order valence-corrected chi connectivity index (χ3v) is 6.79. The molecule has 5 nitrogen and oxygen atoms in total. The van der Waals surface area contributed by atoms with Crippen LogP contribution in [0.15, 0.2) is 42.6 Å². The van der Waals surface area contributed by atoms with Crippen molar-refractivity contribution in [2.75, 3.05) is 6.54 Å². The summed E-state index contributed by atoms with van der Waals surface area (Å²) in [6.45, 7) is 14.0. The van der Waals surface area contributed by atoms with Crippen LogP contribution in [-0.2, 0) is 22.7 Å². The van der Waals surface area contributed by atoms with Crippen LogP contribution in [0, 0.1) is 6.92 Å². The maximum Gasteiger partial charge on any atom is 0.242 e. The molecule has 0 saturated carbocycles. The zero-order valence-electron chi connectivity index (χ0n) is 22.2. The zero-order valence-corrected chi connectivity index (χ0v) is 22.2. The lowest BCUT2D eigenvalue weighted by atomic mass is 10.1. The number of carbonyl (C=O) groups is 2. The van der Waals surface area contributed by atoms with Gasteiger partial charge in [0, 0.05) is 36.9 Å². The number of rotatable bonds is 14. The molecular weight excluding hydrogens is 422 g/mol. The number of carbonyl (C=O) groups excluding carboxylic acids is 2. The fourth-order valence-electron chi connectivity index (χ4n) is 4.24. The number of aromatic nitrogens is 1. The van der Waals surface area contributed by atoms with Gasteiger partial charge in [-0.3, -0.25) is 9.59 Å². The molecule has 188 valence electrons.